The molecule has 5 heteroatoms. The van der Waals surface area contributed by atoms with Gasteiger partial charge in [0.15, 0.2) is 0 Å². The largest absolute Gasteiger partial charge is 0.480 e. The molecule has 2 N–H and O–H groups in total. The summed E-state index contributed by atoms with van der Waals surface area (Å²) in [5.74, 6) is -1.12. The minimum absolute atomic E-state index is 0.0996. The number of rotatable bonds is 5. The van der Waals surface area contributed by atoms with Crippen LogP contribution in [0.25, 0.3) is 0 Å². The summed E-state index contributed by atoms with van der Waals surface area (Å²) in [6.45, 7) is 1.87. The highest BCUT2D eigenvalue weighted by atomic mass is 16.4. The number of carboxylic acids is 1. The van der Waals surface area contributed by atoms with Crippen molar-refractivity contribution in [2.45, 2.75) is 32.2 Å². The molecule has 0 bridgehead atoms. The Balaban J connectivity index is 1.91. The van der Waals surface area contributed by atoms with E-state index in [0.717, 1.165) is 24.1 Å². The fourth-order valence-corrected chi connectivity index (χ4v) is 1.82. The number of carbonyl (C=O) groups is 2. The Morgan fingerprint density at radius 2 is 2.22 bits per heavy atom. The van der Waals surface area contributed by atoms with E-state index in [1.165, 1.54) is 0 Å². The summed E-state index contributed by atoms with van der Waals surface area (Å²) in [5, 5.41) is 11.6. The minimum atomic E-state index is -0.951. The quantitative estimate of drug-likeness (QED) is 0.811. The van der Waals surface area contributed by atoms with Gasteiger partial charge in [0.05, 0.1) is 6.42 Å². The van der Waals surface area contributed by atoms with Gasteiger partial charge in [-0.05, 0) is 37.3 Å². The molecule has 1 aromatic heterocycles. The summed E-state index contributed by atoms with van der Waals surface area (Å²) in [6, 6.07) is 2.92. The maximum absolute atomic E-state index is 11.7. The van der Waals surface area contributed by atoms with Crippen LogP contribution >= 0.6 is 0 Å². The van der Waals surface area contributed by atoms with Crippen LogP contribution < -0.4 is 5.32 Å². The lowest BCUT2D eigenvalue weighted by Crippen LogP contribution is -2.43. The number of aliphatic carboxylic acids is 1. The molecule has 1 saturated carbocycles. The molecular formula is C13H16N2O3. The van der Waals surface area contributed by atoms with Crippen LogP contribution in [-0.4, -0.2) is 28.0 Å². The van der Waals surface area contributed by atoms with Crippen molar-refractivity contribution in [1.29, 1.82) is 0 Å². The first-order valence-corrected chi connectivity index (χ1v) is 6.00. The van der Waals surface area contributed by atoms with Crippen molar-refractivity contribution in [2.75, 3.05) is 0 Å². The number of carbonyl (C=O) groups excluding carboxylic acids is 1. The first-order chi connectivity index (χ1) is 8.56. The molecule has 2 rings (SSSR count). The fraction of sp³-hybridized carbons (Fsp3) is 0.462. The molecule has 96 valence electrons. The van der Waals surface area contributed by atoms with Crippen LogP contribution in [0.3, 0.4) is 0 Å². The molecule has 0 radical (unpaired) electrons. The SMILES string of the molecule is Cc1ccc(CC(=O)NC(C(=O)O)C2CC2)cn1. The smallest absolute Gasteiger partial charge is 0.326 e. The zero-order valence-corrected chi connectivity index (χ0v) is 10.2. The second-order valence-electron chi connectivity index (χ2n) is 4.71. The van der Waals surface area contributed by atoms with E-state index < -0.39 is 12.0 Å². The van der Waals surface area contributed by atoms with E-state index in [1.54, 1.807) is 6.20 Å². The topological polar surface area (TPSA) is 79.3 Å². The van der Waals surface area contributed by atoms with Gasteiger partial charge < -0.3 is 10.4 Å². The molecule has 0 saturated heterocycles. The van der Waals surface area contributed by atoms with Crippen LogP contribution in [0.5, 0.6) is 0 Å². The summed E-state index contributed by atoms with van der Waals surface area (Å²) in [4.78, 5) is 26.8. The number of hydrogen-bond donors (Lipinski definition) is 2. The Hall–Kier alpha value is -1.91. The molecule has 1 amide bonds. The standard InChI is InChI=1S/C13H16N2O3/c1-8-2-3-9(7-14-8)6-11(16)15-12(13(17)18)10-4-5-10/h2-3,7,10,12H,4-6H2,1H3,(H,15,16)(H,17,18). The van der Waals surface area contributed by atoms with Crippen molar-refractivity contribution >= 4 is 11.9 Å². The monoisotopic (exact) mass is 248 g/mol. The average Bonchev–Trinajstić information content (AvgIpc) is 3.13. The van der Waals surface area contributed by atoms with Crippen LogP contribution in [0.15, 0.2) is 18.3 Å². The minimum Gasteiger partial charge on any atom is -0.480 e. The Morgan fingerprint density at radius 1 is 1.50 bits per heavy atom. The van der Waals surface area contributed by atoms with E-state index in [0.29, 0.717) is 0 Å². The van der Waals surface area contributed by atoms with Gasteiger partial charge in [-0.3, -0.25) is 9.78 Å². The number of nitrogens with one attached hydrogen (secondary N) is 1. The molecule has 0 spiro atoms. The normalized spacial score (nSPS) is 16.1. The van der Waals surface area contributed by atoms with Crippen LogP contribution in [0.1, 0.15) is 24.1 Å². The third kappa shape index (κ3) is 3.29. The summed E-state index contributed by atoms with van der Waals surface area (Å²) < 4.78 is 0. The summed E-state index contributed by atoms with van der Waals surface area (Å²) in [7, 11) is 0. The van der Waals surface area contributed by atoms with E-state index in [4.69, 9.17) is 5.11 Å². The molecule has 1 aromatic rings. The Kier molecular flexibility index (Phi) is 3.60. The van der Waals surface area contributed by atoms with Crippen molar-refractivity contribution in [3.63, 3.8) is 0 Å². The van der Waals surface area contributed by atoms with Gasteiger partial charge >= 0.3 is 5.97 Å². The van der Waals surface area contributed by atoms with E-state index >= 15 is 0 Å². The van der Waals surface area contributed by atoms with Crippen LogP contribution in [0.2, 0.25) is 0 Å². The lowest BCUT2D eigenvalue weighted by Gasteiger charge is -2.13. The second-order valence-corrected chi connectivity index (χ2v) is 4.71. The molecule has 1 unspecified atom stereocenters. The number of nitrogens with zero attached hydrogens (tertiary/aromatic N) is 1. The van der Waals surface area contributed by atoms with Gasteiger partial charge in [0.1, 0.15) is 6.04 Å². The Bertz CT molecular complexity index is 452. The van der Waals surface area contributed by atoms with Crippen molar-refractivity contribution < 1.29 is 14.7 Å². The lowest BCUT2D eigenvalue weighted by atomic mass is 10.1. The first kappa shape index (κ1) is 12.5. The summed E-state index contributed by atoms with van der Waals surface area (Å²) in [5.41, 5.74) is 1.68. The lowest BCUT2D eigenvalue weighted by molar-refractivity contribution is -0.142. The number of amides is 1. The molecular weight excluding hydrogens is 232 g/mol. The van der Waals surface area contributed by atoms with Gasteiger partial charge in [0.25, 0.3) is 0 Å². The van der Waals surface area contributed by atoms with E-state index in [-0.39, 0.29) is 18.2 Å². The number of aryl methyl sites for hydroxylation is 1. The summed E-state index contributed by atoms with van der Waals surface area (Å²) in [6.07, 6.45) is 3.57. The average molecular weight is 248 g/mol. The summed E-state index contributed by atoms with van der Waals surface area (Å²) >= 11 is 0. The van der Waals surface area contributed by atoms with Crippen molar-refractivity contribution in [1.82, 2.24) is 10.3 Å². The van der Waals surface area contributed by atoms with Gasteiger partial charge in [0, 0.05) is 11.9 Å². The van der Waals surface area contributed by atoms with Crippen molar-refractivity contribution in [3.8, 4) is 0 Å². The maximum Gasteiger partial charge on any atom is 0.326 e. The zero-order chi connectivity index (χ0) is 13.1. The van der Waals surface area contributed by atoms with Gasteiger partial charge in [-0.1, -0.05) is 6.07 Å². The predicted molar refractivity (Wildman–Crippen MR) is 65.0 cm³/mol. The number of pyridine rings is 1. The van der Waals surface area contributed by atoms with Gasteiger partial charge in [0.2, 0.25) is 5.91 Å². The zero-order valence-electron chi connectivity index (χ0n) is 10.2. The maximum atomic E-state index is 11.7. The van der Waals surface area contributed by atoms with E-state index in [9.17, 15) is 9.59 Å². The first-order valence-electron chi connectivity index (χ1n) is 6.00. The van der Waals surface area contributed by atoms with Crippen LogP contribution in [0, 0.1) is 12.8 Å². The Labute approximate surface area is 105 Å². The third-order valence-electron chi connectivity index (χ3n) is 3.01. The van der Waals surface area contributed by atoms with E-state index in [2.05, 4.69) is 10.3 Å². The van der Waals surface area contributed by atoms with Gasteiger partial charge in [-0.2, -0.15) is 0 Å². The highest BCUT2D eigenvalue weighted by Gasteiger charge is 2.37. The fourth-order valence-electron chi connectivity index (χ4n) is 1.82. The molecule has 0 aromatic carbocycles. The number of aromatic nitrogens is 1. The van der Waals surface area contributed by atoms with Gasteiger partial charge in [-0.15, -0.1) is 0 Å². The number of hydrogen-bond acceptors (Lipinski definition) is 3. The highest BCUT2D eigenvalue weighted by Crippen LogP contribution is 2.32. The third-order valence-corrected chi connectivity index (χ3v) is 3.01. The highest BCUT2D eigenvalue weighted by molar-refractivity contribution is 5.85. The van der Waals surface area contributed by atoms with Crippen LogP contribution in [0.4, 0.5) is 0 Å². The molecule has 1 heterocycles. The molecule has 0 aliphatic heterocycles. The number of carboxylic acid groups (broad SMARTS) is 1. The molecule has 5 nitrogen and oxygen atoms in total. The van der Waals surface area contributed by atoms with Crippen molar-refractivity contribution in [3.05, 3.63) is 29.6 Å². The second kappa shape index (κ2) is 5.16. The van der Waals surface area contributed by atoms with Gasteiger partial charge in [-0.25, -0.2) is 4.79 Å². The van der Waals surface area contributed by atoms with Crippen LogP contribution in [-0.2, 0) is 16.0 Å². The molecule has 18 heavy (non-hydrogen) atoms. The molecule has 1 fully saturated rings. The predicted octanol–water partition coefficient (Wildman–Crippen LogP) is 0.912. The van der Waals surface area contributed by atoms with Crippen molar-refractivity contribution in [2.24, 2.45) is 5.92 Å². The molecule has 1 aliphatic carbocycles. The van der Waals surface area contributed by atoms with E-state index in [1.807, 2.05) is 19.1 Å². The molecule has 1 aliphatic rings. The molecule has 1 atom stereocenters. The Morgan fingerprint density at radius 3 is 2.72 bits per heavy atom.